The second-order valence-electron chi connectivity index (χ2n) is 4.94. The molecule has 0 unspecified atom stereocenters. The van der Waals surface area contributed by atoms with Crippen LogP contribution < -0.4 is 4.90 Å². The number of rotatable bonds is 4. The molecule has 1 aromatic heterocycles. The molecule has 0 radical (unpaired) electrons. The molecule has 0 saturated heterocycles. The minimum atomic E-state index is 0.152. The topological polar surface area (TPSA) is 41.3 Å². The molecule has 4 heteroatoms. The van der Waals surface area contributed by atoms with Crippen LogP contribution in [-0.2, 0) is 13.5 Å². The summed E-state index contributed by atoms with van der Waals surface area (Å²) in [5, 5.41) is 9.10. The number of aliphatic hydroxyl groups is 1. The predicted molar refractivity (Wildman–Crippen MR) is 78.5 cm³/mol. The highest BCUT2D eigenvalue weighted by Gasteiger charge is 2.12. The maximum absolute atomic E-state index is 9.10. The van der Waals surface area contributed by atoms with E-state index in [2.05, 4.69) is 38.7 Å². The van der Waals surface area contributed by atoms with Gasteiger partial charge in [-0.25, -0.2) is 4.98 Å². The number of nitrogens with zero attached hydrogens (tertiary/aromatic N) is 3. The van der Waals surface area contributed by atoms with Crippen molar-refractivity contribution in [2.75, 3.05) is 25.6 Å². The SMILES string of the molecule is Cc1nc(-c2ccc(N(C)C)cc2)n(C)c1CCO. The van der Waals surface area contributed by atoms with E-state index in [1.807, 2.05) is 28.1 Å². The highest BCUT2D eigenvalue weighted by atomic mass is 16.3. The molecule has 0 aliphatic carbocycles. The number of anilines is 1. The first-order valence-electron chi connectivity index (χ1n) is 6.45. The molecule has 1 aromatic carbocycles. The van der Waals surface area contributed by atoms with Crippen LogP contribution in [0.5, 0.6) is 0 Å². The summed E-state index contributed by atoms with van der Waals surface area (Å²) in [5.74, 6) is 0.950. The summed E-state index contributed by atoms with van der Waals surface area (Å²) in [6, 6.07) is 8.34. The second kappa shape index (κ2) is 5.45. The van der Waals surface area contributed by atoms with Crippen LogP contribution in [-0.4, -0.2) is 35.4 Å². The summed E-state index contributed by atoms with van der Waals surface area (Å²) in [6.07, 6.45) is 0.644. The summed E-state index contributed by atoms with van der Waals surface area (Å²) in [6.45, 7) is 2.14. The normalized spacial score (nSPS) is 10.8. The van der Waals surface area contributed by atoms with Crippen LogP contribution in [0.3, 0.4) is 0 Å². The molecule has 102 valence electrons. The molecule has 0 aliphatic rings. The molecule has 0 bridgehead atoms. The first-order valence-corrected chi connectivity index (χ1v) is 6.45. The van der Waals surface area contributed by atoms with Crippen molar-refractivity contribution in [3.8, 4) is 11.4 Å². The van der Waals surface area contributed by atoms with E-state index in [9.17, 15) is 0 Å². The van der Waals surface area contributed by atoms with Gasteiger partial charge in [0.15, 0.2) is 0 Å². The second-order valence-corrected chi connectivity index (χ2v) is 4.94. The summed E-state index contributed by atoms with van der Waals surface area (Å²) in [5.41, 5.74) is 4.35. The van der Waals surface area contributed by atoms with Gasteiger partial charge in [-0.15, -0.1) is 0 Å². The molecular weight excluding hydrogens is 238 g/mol. The smallest absolute Gasteiger partial charge is 0.140 e. The Morgan fingerprint density at radius 2 is 1.84 bits per heavy atom. The molecule has 0 spiro atoms. The number of aryl methyl sites for hydroxylation is 1. The molecule has 0 atom stereocenters. The fraction of sp³-hybridized carbons (Fsp3) is 0.400. The Morgan fingerprint density at radius 1 is 1.21 bits per heavy atom. The molecule has 0 amide bonds. The molecule has 1 heterocycles. The van der Waals surface area contributed by atoms with Crippen molar-refractivity contribution >= 4 is 5.69 Å². The molecule has 0 fully saturated rings. The van der Waals surface area contributed by atoms with Crippen LogP contribution in [0.4, 0.5) is 5.69 Å². The monoisotopic (exact) mass is 259 g/mol. The van der Waals surface area contributed by atoms with Gasteiger partial charge in [0.1, 0.15) is 5.82 Å². The van der Waals surface area contributed by atoms with Gasteiger partial charge in [0, 0.05) is 51.1 Å². The Hall–Kier alpha value is -1.81. The number of aromatic nitrogens is 2. The molecule has 4 nitrogen and oxygen atoms in total. The van der Waals surface area contributed by atoms with E-state index in [-0.39, 0.29) is 6.61 Å². The molecular formula is C15H21N3O. The fourth-order valence-electron chi connectivity index (χ4n) is 2.29. The zero-order chi connectivity index (χ0) is 14.0. The van der Waals surface area contributed by atoms with Gasteiger partial charge in [0.05, 0.1) is 5.69 Å². The number of aliphatic hydroxyl groups excluding tert-OH is 1. The molecule has 1 N–H and O–H groups in total. The first-order chi connectivity index (χ1) is 9.04. The van der Waals surface area contributed by atoms with Crippen molar-refractivity contribution in [2.45, 2.75) is 13.3 Å². The minimum absolute atomic E-state index is 0.152. The quantitative estimate of drug-likeness (QED) is 0.913. The molecule has 0 saturated carbocycles. The lowest BCUT2D eigenvalue weighted by Crippen LogP contribution is -2.08. The molecule has 19 heavy (non-hydrogen) atoms. The van der Waals surface area contributed by atoms with Gasteiger partial charge >= 0.3 is 0 Å². The van der Waals surface area contributed by atoms with E-state index in [1.54, 1.807) is 0 Å². The summed E-state index contributed by atoms with van der Waals surface area (Å²) in [4.78, 5) is 6.69. The third-order valence-electron chi connectivity index (χ3n) is 3.40. The van der Waals surface area contributed by atoms with E-state index in [0.29, 0.717) is 6.42 Å². The van der Waals surface area contributed by atoms with E-state index < -0.39 is 0 Å². The maximum atomic E-state index is 9.10. The van der Waals surface area contributed by atoms with E-state index in [0.717, 1.165) is 22.8 Å². The van der Waals surface area contributed by atoms with Crippen LogP contribution in [0.2, 0.25) is 0 Å². The summed E-state index contributed by atoms with van der Waals surface area (Å²) in [7, 11) is 6.05. The standard InChI is InChI=1S/C15H21N3O/c1-11-14(9-10-19)18(4)15(16-11)12-5-7-13(8-6-12)17(2)3/h5-8,19H,9-10H2,1-4H3. The van der Waals surface area contributed by atoms with Gasteiger partial charge in [0.2, 0.25) is 0 Å². The third-order valence-corrected chi connectivity index (χ3v) is 3.40. The highest BCUT2D eigenvalue weighted by Crippen LogP contribution is 2.23. The molecule has 0 aliphatic heterocycles. The Balaban J connectivity index is 2.39. The lowest BCUT2D eigenvalue weighted by atomic mass is 10.2. The maximum Gasteiger partial charge on any atom is 0.140 e. The lowest BCUT2D eigenvalue weighted by Gasteiger charge is -2.12. The Bertz CT molecular complexity index is 556. The van der Waals surface area contributed by atoms with Crippen molar-refractivity contribution in [3.63, 3.8) is 0 Å². The van der Waals surface area contributed by atoms with E-state index in [1.165, 1.54) is 5.69 Å². The Labute approximate surface area is 114 Å². The van der Waals surface area contributed by atoms with Crippen LogP contribution >= 0.6 is 0 Å². The van der Waals surface area contributed by atoms with Crippen LogP contribution in [0, 0.1) is 6.92 Å². The number of imidazole rings is 1. The number of hydrogen-bond acceptors (Lipinski definition) is 3. The van der Waals surface area contributed by atoms with Crippen molar-refractivity contribution in [2.24, 2.45) is 7.05 Å². The van der Waals surface area contributed by atoms with Gasteiger partial charge in [-0.3, -0.25) is 0 Å². The number of hydrogen-bond donors (Lipinski definition) is 1. The largest absolute Gasteiger partial charge is 0.396 e. The molecule has 2 rings (SSSR count). The predicted octanol–water partition coefficient (Wildman–Crippen LogP) is 2.00. The van der Waals surface area contributed by atoms with Crippen molar-refractivity contribution in [1.29, 1.82) is 0 Å². The zero-order valence-electron chi connectivity index (χ0n) is 12.0. The minimum Gasteiger partial charge on any atom is -0.396 e. The van der Waals surface area contributed by atoms with Crippen molar-refractivity contribution < 1.29 is 5.11 Å². The number of benzene rings is 1. The van der Waals surface area contributed by atoms with Gasteiger partial charge in [0.25, 0.3) is 0 Å². The summed E-state index contributed by atoms with van der Waals surface area (Å²) >= 11 is 0. The van der Waals surface area contributed by atoms with Gasteiger partial charge in [-0.1, -0.05) is 0 Å². The summed E-state index contributed by atoms with van der Waals surface area (Å²) < 4.78 is 2.07. The first kappa shape index (κ1) is 13.6. The zero-order valence-corrected chi connectivity index (χ0v) is 12.0. The lowest BCUT2D eigenvalue weighted by molar-refractivity contribution is 0.296. The Kier molecular flexibility index (Phi) is 3.90. The van der Waals surface area contributed by atoms with Crippen molar-refractivity contribution in [1.82, 2.24) is 9.55 Å². The van der Waals surface area contributed by atoms with Crippen LogP contribution in [0.25, 0.3) is 11.4 Å². The fourth-order valence-corrected chi connectivity index (χ4v) is 2.29. The van der Waals surface area contributed by atoms with Gasteiger partial charge in [-0.2, -0.15) is 0 Å². The highest BCUT2D eigenvalue weighted by molar-refractivity contribution is 5.61. The van der Waals surface area contributed by atoms with Crippen LogP contribution in [0.15, 0.2) is 24.3 Å². The van der Waals surface area contributed by atoms with Gasteiger partial charge in [-0.05, 0) is 31.2 Å². The van der Waals surface area contributed by atoms with Crippen molar-refractivity contribution in [3.05, 3.63) is 35.7 Å². The molecule has 2 aromatic rings. The third kappa shape index (κ3) is 2.63. The average molecular weight is 259 g/mol. The average Bonchev–Trinajstić information content (AvgIpc) is 2.67. The Morgan fingerprint density at radius 3 is 2.37 bits per heavy atom. The van der Waals surface area contributed by atoms with Crippen LogP contribution in [0.1, 0.15) is 11.4 Å². The van der Waals surface area contributed by atoms with E-state index >= 15 is 0 Å². The van der Waals surface area contributed by atoms with E-state index in [4.69, 9.17) is 5.11 Å². The van der Waals surface area contributed by atoms with Gasteiger partial charge < -0.3 is 14.6 Å².